The molecule has 9 nitrogen and oxygen atoms in total. The van der Waals surface area contributed by atoms with Gasteiger partial charge >= 0.3 is 0 Å². The second kappa shape index (κ2) is 9.81. The molecule has 0 aromatic heterocycles. The summed E-state index contributed by atoms with van der Waals surface area (Å²) in [6.07, 6.45) is 0.279. The van der Waals surface area contributed by atoms with Gasteiger partial charge in [0.15, 0.2) is 11.4 Å². The molecule has 1 amide bonds. The van der Waals surface area contributed by atoms with E-state index in [-0.39, 0.29) is 41.7 Å². The van der Waals surface area contributed by atoms with Crippen molar-refractivity contribution in [2.75, 3.05) is 0 Å². The molecule has 1 fully saturated rings. The van der Waals surface area contributed by atoms with Crippen molar-refractivity contribution in [2.45, 2.75) is 65.0 Å². The molecule has 0 bridgehead atoms. The lowest BCUT2D eigenvalue weighted by Gasteiger charge is -2.50. The zero-order valence-corrected chi connectivity index (χ0v) is 24.5. The van der Waals surface area contributed by atoms with Crippen LogP contribution in [0, 0.1) is 23.7 Å². The van der Waals surface area contributed by atoms with E-state index in [0.717, 1.165) is 16.7 Å². The van der Waals surface area contributed by atoms with Crippen molar-refractivity contribution in [1.29, 1.82) is 0 Å². The molecule has 222 valence electrons. The number of primary amides is 1. The van der Waals surface area contributed by atoms with Crippen LogP contribution in [-0.2, 0) is 32.8 Å². The highest BCUT2D eigenvalue weighted by atomic mass is 16.3. The minimum Gasteiger partial charge on any atom is -0.508 e. The highest BCUT2D eigenvalue weighted by Crippen LogP contribution is 2.55. The number of carbonyl (C=O) groups excluding carboxylic acids is 3. The highest BCUT2D eigenvalue weighted by molar-refractivity contribution is 6.23. The number of ketones is 2. The van der Waals surface area contributed by atoms with E-state index in [1.807, 2.05) is 24.3 Å². The van der Waals surface area contributed by atoms with E-state index in [1.54, 1.807) is 19.9 Å². The van der Waals surface area contributed by atoms with Crippen LogP contribution in [-0.4, -0.2) is 43.5 Å². The third kappa shape index (κ3) is 4.09. The minimum atomic E-state index is -2.64. The fourth-order valence-corrected chi connectivity index (χ4v) is 7.17. The molecule has 9 heteroatoms. The number of phenols is 1. The molecular formula is C33H38N2O7. The number of phenolic OH excluding ortho intramolecular Hbond substituents is 1. The molecule has 0 saturated heterocycles. The van der Waals surface area contributed by atoms with Crippen molar-refractivity contribution in [3.63, 3.8) is 0 Å². The van der Waals surface area contributed by atoms with Crippen LogP contribution in [0.25, 0.3) is 16.9 Å². The molecule has 3 aliphatic rings. The number of aliphatic hydroxyl groups excluding tert-OH is 2. The van der Waals surface area contributed by atoms with Gasteiger partial charge in [-0.2, -0.15) is 0 Å². The summed E-state index contributed by atoms with van der Waals surface area (Å²) >= 11 is 0. The maximum atomic E-state index is 14.1. The first-order chi connectivity index (χ1) is 19.5. The summed E-state index contributed by atoms with van der Waals surface area (Å²) in [5.41, 5.74) is 11.4. The maximum absolute atomic E-state index is 14.1. The molecule has 5 rings (SSSR count). The number of hydrogen-bond acceptors (Lipinski definition) is 8. The van der Waals surface area contributed by atoms with Crippen molar-refractivity contribution in [3.05, 3.63) is 69.5 Å². The van der Waals surface area contributed by atoms with E-state index in [9.17, 15) is 34.8 Å². The van der Waals surface area contributed by atoms with Gasteiger partial charge in [-0.3, -0.25) is 14.4 Å². The molecule has 0 radical (unpaired) electrons. The first-order valence-corrected chi connectivity index (χ1v) is 14.2. The molecular weight excluding hydrogens is 536 g/mol. The Balaban J connectivity index is 1.74. The first-order valence-electron chi connectivity index (χ1n) is 14.2. The molecule has 8 N–H and O–H groups in total. The van der Waals surface area contributed by atoms with Gasteiger partial charge in [0.2, 0.25) is 5.78 Å². The third-order valence-corrected chi connectivity index (χ3v) is 9.33. The van der Waals surface area contributed by atoms with Crippen molar-refractivity contribution in [2.24, 2.45) is 35.1 Å². The molecule has 4 atom stereocenters. The monoisotopic (exact) mass is 574 g/mol. The number of aromatic hydroxyl groups is 1. The molecule has 3 aliphatic carbocycles. The van der Waals surface area contributed by atoms with Crippen LogP contribution in [0.3, 0.4) is 0 Å². The number of rotatable bonds is 4. The van der Waals surface area contributed by atoms with Crippen LogP contribution >= 0.6 is 0 Å². The summed E-state index contributed by atoms with van der Waals surface area (Å²) < 4.78 is 0. The van der Waals surface area contributed by atoms with Gasteiger partial charge in [0.25, 0.3) is 5.91 Å². The van der Waals surface area contributed by atoms with Crippen LogP contribution in [0.1, 0.15) is 63.3 Å². The van der Waals surface area contributed by atoms with E-state index in [1.165, 1.54) is 0 Å². The lowest BCUT2D eigenvalue weighted by atomic mass is 9.54. The SMILES string of the molecule is CC(C)[C@@H]1C(=O)C(C(N)=O)=C(O)[C@@]2(O)C(=O)C3=C(O)c4c(O)c(CN)cc(-c5ccc(C(C)(C)C)cc5)c4C[C@H]3C[C@@H]12. The summed E-state index contributed by atoms with van der Waals surface area (Å²) in [6, 6.07) is 9.78. The van der Waals surface area contributed by atoms with Crippen LogP contribution in [0.4, 0.5) is 0 Å². The largest absolute Gasteiger partial charge is 0.508 e. The number of carbonyl (C=O) groups is 3. The number of aliphatic hydroxyl groups is 3. The smallest absolute Gasteiger partial charge is 0.255 e. The molecule has 2 aromatic carbocycles. The maximum Gasteiger partial charge on any atom is 0.255 e. The number of benzene rings is 2. The van der Waals surface area contributed by atoms with Gasteiger partial charge in [0.1, 0.15) is 22.8 Å². The van der Waals surface area contributed by atoms with Crippen LogP contribution in [0.15, 0.2) is 47.2 Å². The van der Waals surface area contributed by atoms with E-state index >= 15 is 0 Å². The Morgan fingerprint density at radius 2 is 1.71 bits per heavy atom. The first kappa shape index (κ1) is 29.5. The van der Waals surface area contributed by atoms with Gasteiger partial charge < -0.3 is 31.9 Å². The van der Waals surface area contributed by atoms with Gasteiger partial charge in [-0.05, 0) is 58.4 Å². The van der Waals surface area contributed by atoms with Crippen LogP contribution < -0.4 is 11.5 Å². The molecule has 0 spiro atoms. The summed E-state index contributed by atoms with van der Waals surface area (Å²) in [5, 5.41) is 45.7. The second-order valence-electron chi connectivity index (χ2n) is 13.1. The predicted octanol–water partition coefficient (Wildman–Crippen LogP) is 3.73. The second-order valence-corrected chi connectivity index (χ2v) is 13.1. The summed E-state index contributed by atoms with van der Waals surface area (Å²) in [6.45, 7) is 9.77. The van der Waals surface area contributed by atoms with E-state index < -0.39 is 63.8 Å². The molecule has 2 aromatic rings. The van der Waals surface area contributed by atoms with Gasteiger partial charge in [0, 0.05) is 29.5 Å². The normalized spacial score (nSPS) is 25.9. The van der Waals surface area contributed by atoms with E-state index in [2.05, 4.69) is 20.8 Å². The number of Topliss-reactive ketones (excluding diaryl/α,β-unsaturated/α-hetero) is 2. The van der Waals surface area contributed by atoms with E-state index in [4.69, 9.17) is 11.5 Å². The molecule has 0 aliphatic heterocycles. The predicted molar refractivity (Wildman–Crippen MR) is 157 cm³/mol. The van der Waals surface area contributed by atoms with Crippen LogP contribution in [0.2, 0.25) is 0 Å². The van der Waals surface area contributed by atoms with Gasteiger partial charge in [0.05, 0.1) is 5.56 Å². The van der Waals surface area contributed by atoms with E-state index in [0.29, 0.717) is 11.1 Å². The topological polar surface area (TPSA) is 184 Å². The Labute approximate surface area is 244 Å². The van der Waals surface area contributed by atoms with Crippen molar-refractivity contribution in [1.82, 2.24) is 0 Å². The lowest BCUT2D eigenvalue weighted by molar-refractivity contribution is -0.155. The summed E-state index contributed by atoms with van der Waals surface area (Å²) in [5.74, 6) is -7.93. The number of hydrogen-bond donors (Lipinski definition) is 6. The quantitative estimate of drug-likeness (QED) is 0.298. The Morgan fingerprint density at radius 3 is 2.24 bits per heavy atom. The molecule has 42 heavy (non-hydrogen) atoms. The summed E-state index contributed by atoms with van der Waals surface area (Å²) in [4.78, 5) is 39.7. The van der Waals surface area contributed by atoms with Gasteiger partial charge in [-0.25, -0.2) is 0 Å². The zero-order valence-electron chi connectivity index (χ0n) is 24.5. The van der Waals surface area contributed by atoms with Crippen molar-refractivity contribution >= 4 is 23.2 Å². The van der Waals surface area contributed by atoms with Crippen molar-refractivity contribution < 1.29 is 34.8 Å². The standard InChI is InChI=1S/C33H38N2O7/c1-14(2)22-21-12-16-10-20-19(15-6-8-18(9-7-15)32(3,4)5)11-17(13-34)26(36)24(20)28(38)23(16)29(39)33(21,42)30(40)25(27(22)37)31(35)41/h6-9,11,14,16,21-22,36,38,40,42H,10,12-13,34H2,1-5H3,(H2,35,41)/t16-,21-,22-,33-/m0/s1. The molecule has 0 unspecified atom stereocenters. The fraction of sp³-hybridized carbons (Fsp3) is 0.424. The zero-order chi connectivity index (χ0) is 31.0. The lowest BCUT2D eigenvalue weighted by Crippen LogP contribution is -2.62. The highest BCUT2D eigenvalue weighted by Gasteiger charge is 2.64. The van der Waals surface area contributed by atoms with Gasteiger partial charge in [-0.1, -0.05) is 58.9 Å². The number of fused-ring (bicyclic) bond motifs is 3. The van der Waals surface area contributed by atoms with Crippen LogP contribution in [0.5, 0.6) is 5.75 Å². The van der Waals surface area contributed by atoms with Crippen molar-refractivity contribution in [3.8, 4) is 16.9 Å². The average Bonchev–Trinajstić information content (AvgIpc) is 2.90. The number of amides is 1. The third-order valence-electron chi connectivity index (χ3n) is 9.33. The number of nitrogens with two attached hydrogens (primary N) is 2. The van der Waals surface area contributed by atoms with Gasteiger partial charge in [-0.15, -0.1) is 0 Å². The Hall–Kier alpha value is -3.95. The molecule has 1 saturated carbocycles. The molecule has 0 heterocycles. The fourth-order valence-electron chi connectivity index (χ4n) is 7.17. The Bertz CT molecular complexity index is 1590. The average molecular weight is 575 g/mol. The Kier molecular flexibility index (Phi) is 6.90. The minimum absolute atomic E-state index is 0.0398. The Morgan fingerprint density at radius 1 is 1.10 bits per heavy atom. The summed E-state index contributed by atoms with van der Waals surface area (Å²) in [7, 11) is 0.